The van der Waals surface area contributed by atoms with E-state index in [0.29, 0.717) is 30.6 Å². The van der Waals surface area contributed by atoms with Crippen LogP contribution in [0.5, 0.6) is 0 Å². The summed E-state index contributed by atoms with van der Waals surface area (Å²) < 4.78 is 0. The normalized spacial score (nSPS) is 19.6. The van der Waals surface area contributed by atoms with E-state index in [1.165, 1.54) is 0 Å². The molecule has 1 aliphatic carbocycles. The zero-order valence-electron chi connectivity index (χ0n) is 13.8. The number of carbonyl (C=O) groups is 3. The minimum Gasteiger partial charge on any atom is -0.481 e. The van der Waals surface area contributed by atoms with Gasteiger partial charge in [-0.25, -0.2) is 0 Å². The lowest BCUT2D eigenvalue weighted by Gasteiger charge is -2.24. The molecule has 0 aromatic heterocycles. The molecule has 24 heavy (non-hydrogen) atoms. The fraction of sp³-hybridized carbons (Fsp3) is 0.389. The second kappa shape index (κ2) is 7.77. The van der Waals surface area contributed by atoms with E-state index in [1.54, 1.807) is 24.3 Å². The Morgan fingerprint density at radius 3 is 2.46 bits per heavy atom. The van der Waals surface area contributed by atoms with Gasteiger partial charge in [-0.1, -0.05) is 18.2 Å². The maximum Gasteiger partial charge on any atom is 0.307 e. The van der Waals surface area contributed by atoms with E-state index in [9.17, 15) is 19.5 Å². The summed E-state index contributed by atoms with van der Waals surface area (Å²) in [7, 11) is 0. The number of rotatable bonds is 5. The van der Waals surface area contributed by atoms with Crippen molar-refractivity contribution in [2.45, 2.75) is 26.7 Å². The van der Waals surface area contributed by atoms with E-state index in [-0.39, 0.29) is 11.8 Å². The molecule has 1 aromatic rings. The Balaban J connectivity index is 2.19. The second-order valence-electron chi connectivity index (χ2n) is 5.87. The fourth-order valence-electron chi connectivity index (χ4n) is 2.76. The molecule has 0 fully saturated rings. The molecule has 2 amide bonds. The number of hydrogen-bond acceptors (Lipinski definition) is 3. The molecular weight excluding hydrogens is 308 g/mol. The van der Waals surface area contributed by atoms with Crippen molar-refractivity contribution >= 4 is 23.5 Å². The number of benzene rings is 1. The van der Waals surface area contributed by atoms with Crippen LogP contribution in [-0.4, -0.2) is 29.4 Å². The summed E-state index contributed by atoms with van der Waals surface area (Å²) >= 11 is 0. The van der Waals surface area contributed by atoms with Gasteiger partial charge in [0.25, 0.3) is 5.91 Å². The third-order valence-electron chi connectivity index (χ3n) is 4.18. The molecule has 2 rings (SSSR count). The predicted molar refractivity (Wildman–Crippen MR) is 90.8 cm³/mol. The molecule has 0 unspecified atom stereocenters. The van der Waals surface area contributed by atoms with E-state index in [1.807, 2.05) is 19.9 Å². The van der Waals surface area contributed by atoms with E-state index in [4.69, 9.17) is 0 Å². The van der Waals surface area contributed by atoms with Crippen molar-refractivity contribution in [1.29, 1.82) is 0 Å². The molecule has 6 heteroatoms. The van der Waals surface area contributed by atoms with Crippen LogP contribution in [0.2, 0.25) is 0 Å². The SMILES string of the molecule is CCNC(=O)c1ccc(C)c(NC(=O)[C@H]2CC=CC[C@@H]2C(=O)O)c1. The largest absolute Gasteiger partial charge is 0.481 e. The van der Waals surface area contributed by atoms with E-state index < -0.39 is 17.8 Å². The third-order valence-corrected chi connectivity index (χ3v) is 4.18. The third kappa shape index (κ3) is 4.01. The van der Waals surface area contributed by atoms with Crippen molar-refractivity contribution < 1.29 is 19.5 Å². The highest BCUT2D eigenvalue weighted by Gasteiger charge is 2.34. The van der Waals surface area contributed by atoms with Gasteiger partial charge in [0.05, 0.1) is 11.8 Å². The van der Waals surface area contributed by atoms with Gasteiger partial charge in [-0.3, -0.25) is 14.4 Å². The Morgan fingerprint density at radius 1 is 1.17 bits per heavy atom. The summed E-state index contributed by atoms with van der Waals surface area (Å²) in [5.74, 6) is -2.84. The van der Waals surface area contributed by atoms with Crippen molar-refractivity contribution in [2.24, 2.45) is 11.8 Å². The molecule has 2 atom stereocenters. The topological polar surface area (TPSA) is 95.5 Å². The van der Waals surface area contributed by atoms with Crippen molar-refractivity contribution in [3.8, 4) is 0 Å². The quantitative estimate of drug-likeness (QED) is 0.722. The summed E-state index contributed by atoms with van der Waals surface area (Å²) in [5.41, 5.74) is 1.80. The lowest BCUT2D eigenvalue weighted by atomic mass is 9.82. The highest BCUT2D eigenvalue weighted by atomic mass is 16.4. The summed E-state index contributed by atoms with van der Waals surface area (Å²) in [6.45, 7) is 4.17. The average molecular weight is 330 g/mol. The summed E-state index contributed by atoms with van der Waals surface area (Å²) in [6.07, 6.45) is 4.38. The number of carbonyl (C=O) groups excluding carboxylic acids is 2. The number of carboxylic acids is 1. The number of aliphatic carboxylic acids is 1. The molecule has 0 saturated heterocycles. The van der Waals surface area contributed by atoms with E-state index >= 15 is 0 Å². The molecule has 0 radical (unpaired) electrons. The molecule has 0 aliphatic heterocycles. The molecule has 128 valence electrons. The molecule has 1 aromatic carbocycles. The van der Waals surface area contributed by atoms with Crippen LogP contribution in [0.1, 0.15) is 35.7 Å². The Kier molecular flexibility index (Phi) is 5.73. The van der Waals surface area contributed by atoms with Crippen LogP contribution in [0.4, 0.5) is 5.69 Å². The molecule has 1 aliphatic rings. The minimum atomic E-state index is -0.965. The number of aryl methyl sites for hydroxylation is 1. The zero-order chi connectivity index (χ0) is 17.7. The first-order chi connectivity index (χ1) is 11.4. The van der Waals surface area contributed by atoms with Crippen LogP contribution in [0.3, 0.4) is 0 Å². The van der Waals surface area contributed by atoms with Crippen LogP contribution in [0, 0.1) is 18.8 Å². The summed E-state index contributed by atoms with van der Waals surface area (Å²) in [4.78, 5) is 35.8. The van der Waals surface area contributed by atoms with Crippen molar-refractivity contribution in [2.75, 3.05) is 11.9 Å². The Hall–Kier alpha value is -2.63. The standard InChI is InChI=1S/C18H22N2O4/c1-3-19-16(21)12-9-8-11(2)15(10-12)20-17(22)13-6-4-5-7-14(13)18(23)24/h4-5,8-10,13-14H,3,6-7H2,1-2H3,(H,19,21)(H,20,22)(H,23,24)/t13-,14-/m0/s1. The van der Waals surface area contributed by atoms with Gasteiger partial charge in [-0.15, -0.1) is 0 Å². The summed E-state index contributed by atoms with van der Waals surface area (Å²) in [6, 6.07) is 5.07. The number of hydrogen-bond donors (Lipinski definition) is 3. The molecule has 0 saturated carbocycles. The fourth-order valence-corrected chi connectivity index (χ4v) is 2.76. The lowest BCUT2D eigenvalue weighted by molar-refractivity contribution is -0.146. The van der Waals surface area contributed by atoms with Gasteiger partial charge in [-0.05, 0) is 44.4 Å². The molecule has 0 spiro atoms. The Morgan fingerprint density at radius 2 is 1.83 bits per heavy atom. The molecule has 0 heterocycles. The van der Waals surface area contributed by atoms with Gasteiger partial charge in [0.1, 0.15) is 0 Å². The Bertz CT molecular complexity index is 682. The minimum absolute atomic E-state index is 0.211. The molecular formula is C18H22N2O4. The maximum atomic E-state index is 12.5. The van der Waals surface area contributed by atoms with E-state index in [0.717, 1.165) is 5.56 Å². The van der Waals surface area contributed by atoms with Crippen molar-refractivity contribution in [1.82, 2.24) is 5.32 Å². The first-order valence-electron chi connectivity index (χ1n) is 8.01. The summed E-state index contributed by atoms with van der Waals surface area (Å²) in [5, 5.41) is 14.8. The van der Waals surface area contributed by atoms with Crippen LogP contribution in [0.25, 0.3) is 0 Å². The first-order valence-corrected chi connectivity index (χ1v) is 8.01. The number of carboxylic acid groups (broad SMARTS) is 1. The lowest BCUT2D eigenvalue weighted by Crippen LogP contribution is -2.35. The molecule has 0 bridgehead atoms. The van der Waals surface area contributed by atoms with Crippen LogP contribution in [-0.2, 0) is 9.59 Å². The van der Waals surface area contributed by atoms with Gasteiger partial charge in [-0.2, -0.15) is 0 Å². The number of amides is 2. The van der Waals surface area contributed by atoms with Gasteiger partial charge in [0, 0.05) is 17.8 Å². The highest BCUT2D eigenvalue weighted by molar-refractivity contribution is 5.99. The number of nitrogens with one attached hydrogen (secondary N) is 2. The zero-order valence-corrected chi connectivity index (χ0v) is 13.8. The monoisotopic (exact) mass is 330 g/mol. The van der Waals surface area contributed by atoms with Crippen LogP contribution < -0.4 is 10.6 Å². The van der Waals surface area contributed by atoms with Crippen molar-refractivity contribution in [3.05, 3.63) is 41.5 Å². The van der Waals surface area contributed by atoms with E-state index in [2.05, 4.69) is 10.6 Å². The molecule has 3 N–H and O–H groups in total. The van der Waals surface area contributed by atoms with Crippen LogP contribution >= 0.6 is 0 Å². The maximum absolute atomic E-state index is 12.5. The Labute approximate surface area is 140 Å². The predicted octanol–water partition coefficient (Wildman–Crippen LogP) is 2.35. The van der Waals surface area contributed by atoms with Gasteiger partial charge < -0.3 is 15.7 Å². The number of anilines is 1. The van der Waals surface area contributed by atoms with Gasteiger partial charge >= 0.3 is 5.97 Å². The second-order valence-corrected chi connectivity index (χ2v) is 5.87. The highest BCUT2D eigenvalue weighted by Crippen LogP contribution is 2.28. The van der Waals surface area contributed by atoms with Gasteiger partial charge in [0.2, 0.25) is 5.91 Å². The van der Waals surface area contributed by atoms with Crippen molar-refractivity contribution in [3.63, 3.8) is 0 Å². The molecule has 6 nitrogen and oxygen atoms in total. The van der Waals surface area contributed by atoms with Gasteiger partial charge in [0.15, 0.2) is 0 Å². The van der Waals surface area contributed by atoms with Crippen LogP contribution in [0.15, 0.2) is 30.4 Å². The first kappa shape index (κ1) is 17.7. The average Bonchev–Trinajstić information content (AvgIpc) is 2.56. The number of allylic oxidation sites excluding steroid dienone is 2. The smallest absolute Gasteiger partial charge is 0.307 e.